The normalized spacial score (nSPS) is 9.74. The van der Waals surface area contributed by atoms with Gasteiger partial charge in [-0.2, -0.15) is 0 Å². The topological polar surface area (TPSA) is 26.3 Å². The van der Waals surface area contributed by atoms with Crippen LogP contribution in [0.5, 0.6) is 0 Å². The van der Waals surface area contributed by atoms with Crippen LogP contribution in [0.25, 0.3) is 0 Å². The summed E-state index contributed by atoms with van der Waals surface area (Å²) >= 11 is 0. The molecule has 1 aromatic carbocycles. The van der Waals surface area contributed by atoms with Gasteiger partial charge in [-0.05, 0) is 18.6 Å². The molecule has 0 atom stereocenters. The molecule has 0 aliphatic carbocycles. The number of unbranched alkanes of at least 4 members (excludes halogenated alkanes) is 6. The van der Waals surface area contributed by atoms with Gasteiger partial charge in [-0.1, -0.05) is 63.6 Å². The smallest absolute Gasteiger partial charge is 1.00 e. The summed E-state index contributed by atoms with van der Waals surface area (Å²) in [4.78, 5) is 11.6. The molecule has 0 bridgehead atoms. The van der Waals surface area contributed by atoms with Crippen LogP contribution in [-0.2, 0) is 4.74 Å². The van der Waals surface area contributed by atoms with Gasteiger partial charge in [0, 0.05) is 0 Å². The maximum absolute atomic E-state index is 11.6. The first kappa shape index (κ1) is 19.3. The fourth-order valence-electron chi connectivity index (χ4n) is 1.88. The number of rotatable bonds is 9. The van der Waals surface area contributed by atoms with E-state index in [0.29, 0.717) is 12.2 Å². The van der Waals surface area contributed by atoms with Gasteiger partial charge in [-0.3, -0.25) is 0 Å². The molecule has 0 saturated heterocycles. The summed E-state index contributed by atoms with van der Waals surface area (Å²) in [5, 5.41) is 0. The number of benzene rings is 1. The van der Waals surface area contributed by atoms with Crippen molar-refractivity contribution in [1.82, 2.24) is 0 Å². The van der Waals surface area contributed by atoms with E-state index in [1.54, 1.807) is 12.1 Å². The summed E-state index contributed by atoms with van der Waals surface area (Å²) in [6.07, 6.45) is 8.65. The van der Waals surface area contributed by atoms with Crippen LogP contribution < -0.4 is 0 Å². The first-order valence-electron chi connectivity index (χ1n) is 7.06. The average molecular weight is 388 g/mol. The first-order valence-corrected chi connectivity index (χ1v) is 7.06. The molecule has 0 spiro atoms. The Balaban J connectivity index is -0.00000108. The molecule has 0 N–H and O–H groups in total. The minimum Gasteiger partial charge on any atom is -1.00 e. The third-order valence-corrected chi connectivity index (χ3v) is 2.99. The Labute approximate surface area is 160 Å². The Morgan fingerprint density at radius 3 is 2.21 bits per heavy atom. The van der Waals surface area contributed by atoms with Crippen molar-refractivity contribution < 1.29 is 12.4 Å². The van der Waals surface area contributed by atoms with Crippen molar-refractivity contribution in [3.05, 3.63) is 35.9 Å². The maximum atomic E-state index is 11.6. The first-order chi connectivity index (χ1) is 8.84. The van der Waals surface area contributed by atoms with Crippen molar-refractivity contribution in [3.8, 4) is 0 Å². The summed E-state index contributed by atoms with van der Waals surface area (Å²) in [6.45, 7) is 2.77. The van der Waals surface area contributed by atoms with E-state index >= 15 is 0 Å². The summed E-state index contributed by atoms with van der Waals surface area (Å²) in [6, 6.07) is 9.17. The molecule has 0 radical (unpaired) electrons. The quantitative estimate of drug-likeness (QED) is 0.356. The predicted molar refractivity (Wildman–Crippen MR) is 82.7 cm³/mol. The molecule has 19 heavy (non-hydrogen) atoms. The fourth-order valence-corrected chi connectivity index (χ4v) is 1.88. The largest absolute Gasteiger partial charge is 2.00 e. The van der Waals surface area contributed by atoms with E-state index in [-0.39, 0.29) is 57.7 Å². The zero-order valence-corrected chi connectivity index (χ0v) is 16.5. The van der Waals surface area contributed by atoms with Gasteiger partial charge in [0.2, 0.25) is 0 Å². The second kappa shape index (κ2) is 13.3. The van der Waals surface area contributed by atoms with E-state index in [0.717, 1.165) is 12.8 Å². The molecule has 0 unspecified atom stereocenters. The van der Waals surface area contributed by atoms with Gasteiger partial charge in [0.15, 0.2) is 0 Å². The van der Waals surface area contributed by atoms with Crippen molar-refractivity contribution in [2.45, 2.75) is 51.9 Å². The van der Waals surface area contributed by atoms with Crippen LogP contribution in [0.1, 0.15) is 65.1 Å². The van der Waals surface area contributed by atoms with E-state index in [2.05, 4.69) is 6.92 Å². The van der Waals surface area contributed by atoms with Gasteiger partial charge in [-0.15, -0.1) is 0 Å². The number of hydrogen-bond donors (Lipinski definition) is 0. The number of carbonyl (C=O) groups excluding carboxylic acids is 1. The minimum absolute atomic E-state index is 0. The standard InChI is InChI=1S/C16H24O2.Ba.2H/c1-2-3-4-5-6-7-11-14-18-16(17)15-12-9-8-10-13-15;;;/h8-10,12-13H,2-7,11,14H2,1H3;;;/q;+2;2*-1. The molecule has 0 aromatic heterocycles. The summed E-state index contributed by atoms with van der Waals surface area (Å²) in [7, 11) is 0. The third-order valence-electron chi connectivity index (χ3n) is 2.99. The Bertz CT molecular complexity index is 334. The van der Waals surface area contributed by atoms with Gasteiger partial charge in [0.1, 0.15) is 0 Å². The van der Waals surface area contributed by atoms with Gasteiger partial charge in [-0.25, -0.2) is 4.79 Å². The molecule has 1 aromatic rings. The van der Waals surface area contributed by atoms with Crippen LogP contribution in [0.3, 0.4) is 0 Å². The second-order valence-electron chi connectivity index (χ2n) is 4.62. The Hall–Kier alpha value is 0.261. The molecule has 0 aliphatic heterocycles. The van der Waals surface area contributed by atoms with Crippen LogP contribution in [-0.4, -0.2) is 61.5 Å². The zero-order valence-electron chi connectivity index (χ0n) is 14.1. The van der Waals surface area contributed by atoms with Crippen molar-refractivity contribution >= 4 is 54.9 Å². The molecule has 0 aliphatic rings. The summed E-state index contributed by atoms with van der Waals surface area (Å²) < 4.78 is 5.22. The molecule has 2 nitrogen and oxygen atoms in total. The Kier molecular flexibility index (Phi) is 13.4. The molecule has 0 saturated carbocycles. The second-order valence-corrected chi connectivity index (χ2v) is 4.62. The van der Waals surface area contributed by atoms with Crippen molar-refractivity contribution in [1.29, 1.82) is 0 Å². The van der Waals surface area contributed by atoms with E-state index in [4.69, 9.17) is 4.74 Å². The van der Waals surface area contributed by atoms with Crippen LogP contribution in [0, 0.1) is 0 Å². The number of hydrogen-bond acceptors (Lipinski definition) is 2. The summed E-state index contributed by atoms with van der Waals surface area (Å²) in [5.74, 6) is -0.207. The third kappa shape index (κ3) is 9.74. The van der Waals surface area contributed by atoms with Crippen LogP contribution in [0.15, 0.2) is 30.3 Å². The average Bonchev–Trinajstić information content (AvgIpc) is 2.42. The van der Waals surface area contributed by atoms with Gasteiger partial charge in [0.05, 0.1) is 12.2 Å². The van der Waals surface area contributed by atoms with E-state index in [1.165, 1.54) is 32.1 Å². The molecular weight excluding hydrogens is 362 g/mol. The molecule has 0 amide bonds. The minimum atomic E-state index is -0.207. The molecule has 1 rings (SSSR count). The van der Waals surface area contributed by atoms with E-state index in [9.17, 15) is 4.79 Å². The Morgan fingerprint density at radius 1 is 1.00 bits per heavy atom. The Morgan fingerprint density at radius 2 is 1.58 bits per heavy atom. The molecule has 3 heteroatoms. The van der Waals surface area contributed by atoms with Crippen molar-refractivity contribution in [3.63, 3.8) is 0 Å². The predicted octanol–water partition coefficient (Wildman–Crippen LogP) is 4.44. The van der Waals surface area contributed by atoms with Crippen molar-refractivity contribution in [2.24, 2.45) is 0 Å². The molecule has 104 valence electrons. The SMILES string of the molecule is CCCCCCCCCOC(=O)c1ccccc1.[Ba+2].[H-].[H-]. The van der Waals surface area contributed by atoms with Crippen LogP contribution in [0.2, 0.25) is 0 Å². The zero-order chi connectivity index (χ0) is 13.1. The summed E-state index contributed by atoms with van der Waals surface area (Å²) in [5.41, 5.74) is 0.639. The number of carbonyl (C=O) groups is 1. The van der Waals surface area contributed by atoms with Gasteiger partial charge < -0.3 is 7.59 Å². The van der Waals surface area contributed by atoms with Crippen molar-refractivity contribution in [2.75, 3.05) is 6.61 Å². The molecule has 0 heterocycles. The van der Waals surface area contributed by atoms with E-state index < -0.39 is 0 Å². The van der Waals surface area contributed by atoms with E-state index in [1.807, 2.05) is 18.2 Å². The van der Waals surface area contributed by atoms with Crippen LogP contribution >= 0.6 is 0 Å². The number of esters is 1. The number of ether oxygens (including phenoxy) is 1. The molecule has 0 fully saturated rings. The van der Waals surface area contributed by atoms with Gasteiger partial charge >= 0.3 is 54.9 Å². The maximum Gasteiger partial charge on any atom is 2.00 e. The van der Waals surface area contributed by atoms with Crippen LogP contribution in [0.4, 0.5) is 0 Å². The van der Waals surface area contributed by atoms with Gasteiger partial charge in [0.25, 0.3) is 0 Å². The fraction of sp³-hybridized carbons (Fsp3) is 0.562. The monoisotopic (exact) mass is 388 g/mol. The molecular formula is C16H26BaO2.